The minimum Gasteiger partial charge on any atom is -0.484 e. The van der Waals surface area contributed by atoms with Gasteiger partial charge in [0.25, 0.3) is 5.91 Å². The fourth-order valence-corrected chi connectivity index (χ4v) is 2.52. The van der Waals surface area contributed by atoms with E-state index >= 15 is 0 Å². The number of halogens is 2. The Balaban J connectivity index is 1.86. The second-order valence-electron chi connectivity index (χ2n) is 7.02. The van der Waals surface area contributed by atoms with Gasteiger partial charge < -0.3 is 19.7 Å². The van der Waals surface area contributed by atoms with E-state index in [4.69, 9.17) is 22.4 Å². The normalized spacial score (nSPS) is 21.0. The van der Waals surface area contributed by atoms with Crippen LogP contribution in [-0.4, -0.2) is 48.2 Å². The van der Waals surface area contributed by atoms with Crippen molar-refractivity contribution in [1.29, 1.82) is 0 Å². The molecule has 2 amide bonds. The van der Waals surface area contributed by atoms with Crippen molar-refractivity contribution in [3.63, 3.8) is 0 Å². The zero-order valence-electron chi connectivity index (χ0n) is 16.1. The maximum absolute atomic E-state index is 13.4. The van der Waals surface area contributed by atoms with E-state index in [1.807, 2.05) is 0 Å². The van der Waals surface area contributed by atoms with Gasteiger partial charge in [-0.2, -0.15) is 0 Å². The highest BCUT2D eigenvalue weighted by Gasteiger charge is 2.28. The van der Waals surface area contributed by atoms with Gasteiger partial charge in [-0.3, -0.25) is 4.79 Å². The number of rotatable bonds is 4. The summed E-state index contributed by atoms with van der Waals surface area (Å²) in [5.41, 5.74) is -0.658. The van der Waals surface area contributed by atoms with Crippen LogP contribution in [0.3, 0.4) is 0 Å². The van der Waals surface area contributed by atoms with Crippen LogP contribution in [0.15, 0.2) is 18.2 Å². The molecule has 1 aromatic carbocycles. The van der Waals surface area contributed by atoms with Crippen molar-refractivity contribution in [2.24, 2.45) is 0 Å². The number of amides is 2. The summed E-state index contributed by atoms with van der Waals surface area (Å²) in [6.45, 7) is 4.44. The van der Waals surface area contributed by atoms with E-state index in [-0.39, 0.29) is 30.0 Å². The molecule has 1 aromatic rings. The molecule has 1 fully saturated rings. The third kappa shape index (κ3) is 6.37. The molecule has 1 aliphatic rings. The van der Waals surface area contributed by atoms with Crippen molar-refractivity contribution >= 4 is 23.6 Å². The zero-order chi connectivity index (χ0) is 20.2. The SMILES string of the molecule is [2H][C@@H]1CC[C@H](NC(=O)COc2ccc(Cl)c(F)c2)CN1C(=O)OC(C)(C)C. The summed E-state index contributed by atoms with van der Waals surface area (Å²) in [5, 5.41) is 2.74. The molecule has 1 aliphatic heterocycles. The summed E-state index contributed by atoms with van der Waals surface area (Å²) in [5.74, 6) is -0.837. The maximum Gasteiger partial charge on any atom is 0.410 e. The van der Waals surface area contributed by atoms with Crippen LogP contribution in [0.4, 0.5) is 9.18 Å². The van der Waals surface area contributed by atoms with Gasteiger partial charge in [0, 0.05) is 26.5 Å². The molecule has 0 spiro atoms. The van der Waals surface area contributed by atoms with Crippen molar-refractivity contribution in [2.45, 2.75) is 45.3 Å². The van der Waals surface area contributed by atoms with Gasteiger partial charge in [0.1, 0.15) is 17.2 Å². The summed E-state index contributed by atoms with van der Waals surface area (Å²) < 4.78 is 31.9. The second-order valence-corrected chi connectivity index (χ2v) is 7.43. The lowest BCUT2D eigenvalue weighted by Crippen LogP contribution is -2.51. The third-order valence-electron chi connectivity index (χ3n) is 3.54. The van der Waals surface area contributed by atoms with Crippen LogP contribution in [0, 0.1) is 5.82 Å². The Hall–Kier alpha value is -2.02. The molecule has 0 saturated carbocycles. The fraction of sp³-hybridized carbons (Fsp3) is 0.556. The minimum atomic E-state index is -0.707. The van der Waals surface area contributed by atoms with Gasteiger partial charge in [0.15, 0.2) is 6.61 Å². The number of nitrogens with zero attached hydrogens (tertiary/aromatic N) is 1. The molecule has 26 heavy (non-hydrogen) atoms. The Kier molecular flexibility index (Phi) is 6.19. The van der Waals surface area contributed by atoms with E-state index in [0.29, 0.717) is 12.8 Å². The van der Waals surface area contributed by atoms with E-state index in [1.165, 1.54) is 17.0 Å². The molecule has 2 atom stereocenters. The highest BCUT2D eigenvalue weighted by atomic mass is 35.5. The van der Waals surface area contributed by atoms with Gasteiger partial charge >= 0.3 is 6.09 Å². The molecule has 0 radical (unpaired) electrons. The predicted octanol–water partition coefficient (Wildman–Crippen LogP) is 3.37. The summed E-state index contributed by atoms with van der Waals surface area (Å²) in [4.78, 5) is 25.6. The van der Waals surface area contributed by atoms with Gasteiger partial charge in [-0.1, -0.05) is 11.6 Å². The van der Waals surface area contributed by atoms with Crippen LogP contribution in [0.5, 0.6) is 5.75 Å². The van der Waals surface area contributed by atoms with Crippen molar-refractivity contribution in [2.75, 3.05) is 19.7 Å². The number of hydrogen-bond acceptors (Lipinski definition) is 4. The Bertz CT molecular complexity index is 698. The second kappa shape index (κ2) is 8.58. The molecule has 1 saturated heterocycles. The van der Waals surface area contributed by atoms with Crippen LogP contribution in [0.1, 0.15) is 35.0 Å². The number of benzene rings is 1. The molecular weight excluding hydrogens is 363 g/mol. The monoisotopic (exact) mass is 387 g/mol. The van der Waals surface area contributed by atoms with E-state index in [2.05, 4.69) is 5.32 Å². The topological polar surface area (TPSA) is 67.9 Å². The van der Waals surface area contributed by atoms with E-state index < -0.39 is 29.9 Å². The Morgan fingerprint density at radius 2 is 2.19 bits per heavy atom. The lowest BCUT2D eigenvalue weighted by Gasteiger charge is -2.34. The predicted molar refractivity (Wildman–Crippen MR) is 95.9 cm³/mol. The van der Waals surface area contributed by atoms with Crippen LogP contribution in [0.2, 0.25) is 5.02 Å². The maximum atomic E-state index is 13.4. The van der Waals surface area contributed by atoms with Gasteiger partial charge in [0.2, 0.25) is 0 Å². The summed E-state index contributed by atoms with van der Waals surface area (Å²) >= 11 is 5.60. The first-order valence-corrected chi connectivity index (χ1v) is 8.72. The summed E-state index contributed by atoms with van der Waals surface area (Å²) in [7, 11) is 0. The summed E-state index contributed by atoms with van der Waals surface area (Å²) in [6, 6.07) is 3.61. The molecule has 1 heterocycles. The molecular formula is C18H24ClFN2O4. The van der Waals surface area contributed by atoms with Gasteiger partial charge in [-0.25, -0.2) is 9.18 Å². The number of carbonyl (C=O) groups excluding carboxylic acids is 2. The number of likely N-dealkylation sites (tertiary alicyclic amines) is 1. The molecule has 144 valence electrons. The number of carbonyl (C=O) groups is 2. The van der Waals surface area contributed by atoms with Crippen LogP contribution < -0.4 is 10.1 Å². The van der Waals surface area contributed by atoms with Gasteiger partial charge in [0.05, 0.1) is 5.02 Å². The lowest BCUT2D eigenvalue weighted by atomic mass is 10.1. The van der Waals surface area contributed by atoms with Crippen molar-refractivity contribution < 1.29 is 24.8 Å². The van der Waals surface area contributed by atoms with E-state index in [0.717, 1.165) is 6.07 Å². The number of ether oxygens (including phenoxy) is 2. The Morgan fingerprint density at radius 1 is 1.46 bits per heavy atom. The Labute approximate surface area is 159 Å². The van der Waals surface area contributed by atoms with Crippen LogP contribution >= 0.6 is 11.6 Å². The van der Waals surface area contributed by atoms with Crippen LogP contribution in [-0.2, 0) is 9.53 Å². The van der Waals surface area contributed by atoms with E-state index in [9.17, 15) is 14.0 Å². The first-order chi connectivity index (χ1) is 12.5. The highest BCUT2D eigenvalue weighted by Crippen LogP contribution is 2.20. The van der Waals surface area contributed by atoms with Gasteiger partial charge in [-0.15, -0.1) is 0 Å². The third-order valence-corrected chi connectivity index (χ3v) is 3.84. The molecule has 0 aliphatic carbocycles. The molecule has 2 rings (SSSR count). The van der Waals surface area contributed by atoms with Crippen LogP contribution in [0.25, 0.3) is 0 Å². The number of nitrogens with one attached hydrogen (secondary N) is 1. The average molecular weight is 388 g/mol. The van der Waals surface area contributed by atoms with Crippen molar-refractivity contribution in [3.05, 3.63) is 29.0 Å². The minimum absolute atomic E-state index is 0.0267. The molecule has 0 bridgehead atoms. The lowest BCUT2D eigenvalue weighted by molar-refractivity contribution is -0.124. The molecule has 0 unspecified atom stereocenters. The fourth-order valence-electron chi connectivity index (χ4n) is 2.41. The standard InChI is InChI=1S/C18H24ClFN2O4/c1-18(2,3)26-17(24)22-8-4-5-12(10-22)21-16(23)11-25-13-6-7-14(19)15(20)9-13/h6-7,9,12H,4-5,8,10-11H2,1-3H3,(H,21,23)/t12-/m0/s1/i8D/t8-,12+/m1. The first-order valence-electron chi connectivity index (χ1n) is 8.92. The average Bonchev–Trinajstić information content (AvgIpc) is 2.56. The number of piperidine rings is 1. The molecule has 8 heteroatoms. The van der Waals surface area contributed by atoms with Gasteiger partial charge in [-0.05, 0) is 45.7 Å². The largest absolute Gasteiger partial charge is 0.484 e. The smallest absolute Gasteiger partial charge is 0.410 e. The highest BCUT2D eigenvalue weighted by molar-refractivity contribution is 6.30. The quantitative estimate of drug-likeness (QED) is 0.860. The van der Waals surface area contributed by atoms with Crippen molar-refractivity contribution in [3.8, 4) is 5.75 Å². The molecule has 6 nitrogen and oxygen atoms in total. The Morgan fingerprint density at radius 3 is 2.85 bits per heavy atom. The van der Waals surface area contributed by atoms with E-state index in [1.54, 1.807) is 20.8 Å². The molecule has 0 aromatic heterocycles. The summed E-state index contributed by atoms with van der Waals surface area (Å²) in [6.07, 6.45) is 0.414. The first kappa shape index (κ1) is 18.8. The van der Waals surface area contributed by atoms with Crippen molar-refractivity contribution in [1.82, 2.24) is 10.2 Å². The zero-order valence-corrected chi connectivity index (χ0v) is 15.8. The number of hydrogen-bond donors (Lipinski definition) is 1. The molecule has 1 N–H and O–H groups in total.